The van der Waals surface area contributed by atoms with E-state index in [2.05, 4.69) is 16.0 Å². The number of para-hydroxylation sites is 1. The van der Waals surface area contributed by atoms with Crippen molar-refractivity contribution in [2.24, 2.45) is 5.73 Å². The van der Waals surface area contributed by atoms with Crippen molar-refractivity contribution >= 4 is 29.6 Å². The van der Waals surface area contributed by atoms with Gasteiger partial charge in [-0.1, -0.05) is 78.9 Å². The van der Waals surface area contributed by atoms with E-state index in [9.17, 15) is 24.3 Å². The SMILES string of the molecule is CN(C(=O)NC(CC(N)=O)C(=O)NC(Cc1ccccc1)C(O)CN(CCc1ccccc1)C(=O)NC(C)(C)C)c1ccccc1. The molecule has 0 spiro atoms. The second kappa shape index (κ2) is 17.0. The molecule has 3 rings (SSSR count). The van der Waals surface area contributed by atoms with Crippen LogP contribution >= 0.6 is 0 Å². The zero-order chi connectivity index (χ0) is 33.7. The molecule has 0 saturated heterocycles. The van der Waals surface area contributed by atoms with E-state index in [4.69, 9.17) is 5.73 Å². The number of primary amides is 1. The number of carbonyl (C=O) groups is 4. The summed E-state index contributed by atoms with van der Waals surface area (Å²) >= 11 is 0. The topological polar surface area (TPSA) is 157 Å². The van der Waals surface area contributed by atoms with Crippen molar-refractivity contribution < 1.29 is 24.3 Å². The second-order valence-electron chi connectivity index (χ2n) is 12.3. The average Bonchev–Trinajstić information content (AvgIpc) is 3.02. The summed E-state index contributed by atoms with van der Waals surface area (Å²) < 4.78 is 0. The number of nitrogens with one attached hydrogen (secondary N) is 3. The van der Waals surface area contributed by atoms with E-state index in [-0.39, 0.29) is 19.0 Å². The monoisotopic (exact) mass is 630 g/mol. The molecule has 0 radical (unpaired) electrons. The summed E-state index contributed by atoms with van der Waals surface area (Å²) in [5.41, 5.74) is 7.39. The van der Waals surface area contributed by atoms with E-state index < -0.39 is 48.0 Å². The third-order valence-corrected chi connectivity index (χ3v) is 7.25. The van der Waals surface area contributed by atoms with Crippen LogP contribution in [0.15, 0.2) is 91.0 Å². The highest BCUT2D eigenvalue weighted by atomic mass is 16.3. The van der Waals surface area contributed by atoms with Gasteiger partial charge in [-0.25, -0.2) is 9.59 Å². The number of rotatable bonds is 14. The number of amides is 6. The summed E-state index contributed by atoms with van der Waals surface area (Å²) in [4.78, 5) is 54.9. The first-order chi connectivity index (χ1) is 21.8. The first kappa shape index (κ1) is 35.6. The van der Waals surface area contributed by atoms with Gasteiger partial charge in [-0.05, 0) is 56.9 Å². The van der Waals surface area contributed by atoms with E-state index in [1.807, 2.05) is 87.5 Å². The maximum Gasteiger partial charge on any atom is 0.322 e. The van der Waals surface area contributed by atoms with Crippen LogP contribution in [-0.4, -0.2) is 77.7 Å². The van der Waals surface area contributed by atoms with Gasteiger partial charge in [0.25, 0.3) is 0 Å². The molecule has 6 N–H and O–H groups in total. The fourth-order valence-electron chi connectivity index (χ4n) is 4.80. The summed E-state index contributed by atoms with van der Waals surface area (Å²) in [7, 11) is 1.54. The van der Waals surface area contributed by atoms with Crippen molar-refractivity contribution in [2.45, 2.75) is 63.8 Å². The molecule has 0 aliphatic rings. The molecule has 3 aromatic rings. The summed E-state index contributed by atoms with van der Waals surface area (Å²) in [6, 6.07) is 24.7. The number of hydrogen-bond acceptors (Lipinski definition) is 5. The second-order valence-corrected chi connectivity index (χ2v) is 12.3. The van der Waals surface area contributed by atoms with Gasteiger partial charge in [0.05, 0.1) is 25.1 Å². The molecule has 11 nitrogen and oxygen atoms in total. The Morgan fingerprint density at radius 2 is 1.35 bits per heavy atom. The van der Waals surface area contributed by atoms with E-state index in [0.717, 1.165) is 11.1 Å². The number of nitrogens with two attached hydrogens (primary N) is 1. The number of urea groups is 2. The van der Waals surface area contributed by atoms with Crippen molar-refractivity contribution in [2.75, 3.05) is 25.0 Å². The molecular formula is C35H46N6O5. The van der Waals surface area contributed by atoms with E-state index >= 15 is 0 Å². The van der Waals surface area contributed by atoms with Gasteiger partial charge in [-0.15, -0.1) is 0 Å². The van der Waals surface area contributed by atoms with Crippen LogP contribution in [0, 0.1) is 0 Å². The van der Waals surface area contributed by atoms with Crippen LogP contribution in [0.1, 0.15) is 38.3 Å². The molecule has 11 heteroatoms. The average molecular weight is 631 g/mol. The molecule has 246 valence electrons. The number of aliphatic hydroxyl groups is 1. The highest BCUT2D eigenvalue weighted by Crippen LogP contribution is 2.13. The van der Waals surface area contributed by atoms with E-state index in [1.165, 1.54) is 9.80 Å². The zero-order valence-electron chi connectivity index (χ0n) is 27.0. The molecule has 0 aliphatic heterocycles. The Balaban J connectivity index is 1.83. The van der Waals surface area contributed by atoms with Gasteiger partial charge in [-0.2, -0.15) is 0 Å². The first-order valence-corrected chi connectivity index (χ1v) is 15.3. The number of benzene rings is 3. The Kier molecular flexibility index (Phi) is 13.1. The molecule has 46 heavy (non-hydrogen) atoms. The summed E-state index contributed by atoms with van der Waals surface area (Å²) in [6.07, 6.45) is -0.876. The largest absolute Gasteiger partial charge is 0.389 e. The lowest BCUT2D eigenvalue weighted by molar-refractivity contribution is -0.128. The van der Waals surface area contributed by atoms with Crippen LogP contribution in [0.3, 0.4) is 0 Å². The van der Waals surface area contributed by atoms with Gasteiger partial charge in [0.2, 0.25) is 11.8 Å². The molecule has 0 fully saturated rings. The first-order valence-electron chi connectivity index (χ1n) is 15.3. The Labute approximate surface area is 271 Å². The minimum absolute atomic E-state index is 0.0872. The quantitative estimate of drug-likeness (QED) is 0.185. The molecule has 6 amide bonds. The normalized spacial score (nSPS) is 13.1. The fraction of sp³-hybridized carbons (Fsp3) is 0.371. The number of aliphatic hydroxyl groups excluding tert-OH is 1. The molecule has 0 heterocycles. The standard InChI is InChI=1S/C35H46N6O5/c1-35(2,3)39-34(46)41(21-20-25-14-8-5-9-15-25)24-30(42)28(22-26-16-10-6-11-17-26)37-32(44)29(23-31(36)43)38-33(45)40(4)27-18-12-7-13-19-27/h5-19,28-30,42H,20-24H2,1-4H3,(H2,36,43)(H,37,44)(H,38,45)(H,39,46). The van der Waals surface area contributed by atoms with Crippen molar-refractivity contribution in [3.63, 3.8) is 0 Å². The van der Waals surface area contributed by atoms with Gasteiger partial charge in [-0.3, -0.25) is 14.5 Å². The van der Waals surface area contributed by atoms with Gasteiger partial charge in [0.1, 0.15) is 6.04 Å². The predicted octanol–water partition coefficient (Wildman–Crippen LogP) is 3.22. The van der Waals surface area contributed by atoms with Crippen LogP contribution in [0.5, 0.6) is 0 Å². The molecule has 0 saturated carbocycles. The lowest BCUT2D eigenvalue weighted by atomic mass is 9.99. The van der Waals surface area contributed by atoms with Crippen LogP contribution in [0.2, 0.25) is 0 Å². The summed E-state index contributed by atoms with van der Waals surface area (Å²) in [5, 5.41) is 20.0. The molecule has 0 aliphatic carbocycles. The third-order valence-electron chi connectivity index (χ3n) is 7.25. The molecule has 0 aromatic heterocycles. The van der Waals surface area contributed by atoms with Gasteiger partial charge in [0.15, 0.2) is 0 Å². The fourth-order valence-corrected chi connectivity index (χ4v) is 4.80. The van der Waals surface area contributed by atoms with E-state index in [1.54, 1.807) is 31.3 Å². The lowest BCUT2D eigenvalue weighted by Crippen LogP contribution is -2.58. The minimum Gasteiger partial charge on any atom is -0.389 e. The number of nitrogens with zero attached hydrogens (tertiary/aromatic N) is 2. The van der Waals surface area contributed by atoms with Gasteiger partial charge >= 0.3 is 12.1 Å². The Bertz CT molecular complexity index is 1420. The highest BCUT2D eigenvalue weighted by molar-refractivity contribution is 5.96. The van der Waals surface area contributed by atoms with Crippen LogP contribution in [0.25, 0.3) is 0 Å². The molecule has 3 unspecified atom stereocenters. The van der Waals surface area contributed by atoms with Crippen LogP contribution in [0.4, 0.5) is 15.3 Å². The Morgan fingerprint density at radius 3 is 1.89 bits per heavy atom. The molecule has 3 atom stereocenters. The smallest absolute Gasteiger partial charge is 0.322 e. The van der Waals surface area contributed by atoms with Crippen molar-refractivity contribution in [1.29, 1.82) is 0 Å². The van der Waals surface area contributed by atoms with Crippen molar-refractivity contribution in [1.82, 2.24) is 20.9 Å². The van der Waals surface area contributed by atoms with Crippen molar-refractivity contribution in [3.05, 3.63) is 102 Å². The molecule has 3 aromatic carbocycles. The lowest BCUT2D eigenvalue weighted by Gasteiger charge is -2.33. The molecular weight excluding hydrogens is 584 g/mol. The predicted molar refractivity (Wildman–Crippen MR) is 179 cm³/mol. The number of carbonyl (C=O) groups excluding carboxylic acids is 4. The molecule has 0 bridgehead atoms. The summed E-state index contributed by atoms with van der Waals surface area (Å²) in [6.45, 7) is 5.85. The van der Waals surface area contributed by atoms with Crippen molar-refractivity contribution in [3.8, 4) is 0 Å². The number of anilines is 1. The Morgan fingerprint density at radius 1 is 0.804 bits per heavy atom. The maximum absolute atomic E-state index is 13.6. The minimum atomic E-state index is -1.31. The Hall–Kier alpha value is -4.90. The van der Waals surface area contributed by atoms with E-state index in [0.29, 0.717) is 18.7 Å². The highest BCUT2D eigenvalue weighted by Gasteiger charge is 2.31. The summed E-state index contributed by atoms with van der Waals surface area (Å²) in [5.74, 6) is -1.47. The van der Waals surface area contributed by atoms with Crippen LogP contribution < -0.4 is 26.6 Å². The number of hydrogen-bond donors (Lipinski definition) is 5. The van der Waals surface area contributed by atoms with Gasteiger partial charge in [0, 0.05) is 24.8 Å². The van der Waals surface area contributed by atoms with Gasteiger partial charge < -0.3 is 31.7 Å². The van der Waals surface area contributed by atoms with Crippen LogP contribution in [-0.2, 0) is 22.4 Å². The maximum atomic E-state index is 13.6. The zero-order valence-corrected chi connectivity index (χ0v) is 27.0. The third kappa shape index (κ3) is 11.9.